The van der Waals surface area contributed by atoms with Gasteiger partial charge in [-0.05, 0) is 122 Å². The van der Waals surface area contributed by atoms with E-state index in [1.165, 1.54) is 77.1 Å². The number of para-hydroxylation sites is 3. The van der Waals surface area contributed by atoms with Crippen LogP contribution in [0.25, 0.3) is 93.9 Å². The molecule has 0 aliphatic heterocycles. The van der Waals surface area contributed by atoms with Gasteiger partial charge in [-0.15, -0.1) is 0 Å². The molecule has 0 aliphatic carbocycles. The third kappa shape index (κ3) is 7.02. The van der Waals surface area contributed by atoms with E-state index in [0.717, 1.165) is 33.9 Å². The van der Waals surface area contributed by atoms with E-state index in [0.29, 0.717) is 0 Å². The number of hydrogen-bond donors (Lipinski definition) is 0. The third-order valence-corrected chi connectivity index (χ3v) is 13.0. The summed E-state index contributed by atoms with van der Waals surface area (Å²) in [5, 5.41) is 4.99. The Labute approximate surface area is 385 Å². The van der Waals surface area contributed by atoms with Crippen LogP contribution < -0.4 is 4.90 Å². The lowest BCUT2D eigenvalue weighted by molar-refractivity contribution is 1.18. The van der Waals surface area contributed by atoms with E-state index in [1.54, 1.807) is 0 Å². The molecule has 0 spiro atoms. The van der Waals surface area contributed by atoms with Crippen molar-refractivity contribution in [1.82, 2.24) is 4.57 Å². The molecule has 1 aromatic heterocycles. The minimum atomic E-state index is 1.08. The summed E-state index contributed by atoms with van der Waals surface area (Å²) in [5.74, 6) is 0. The Bertz CT molecular complexity index is 3660. The first-order valence-corrected chi connectivity index (χ1v) is 22.7. The van der Waals surface area contributed by atoms with Crippen LogP contribution in [0.1, 0.15) is 0 Å². The maximum absolute atomic E-state index is 2.41. The van der Waals surface area contributed by atoms with E-state index >= 15 is 0 Å². The molecule has 0 atom stereocenters. The van der Waals surface area contributed by atoms with Crippen molar-refractivity contribution in [2.75, 3.05) is 4.90 Å². The van der Waals surface area contributed by atoms with Crippen LogP contribution in [0, 0.1) is 0 Å². The number of benzene rings is 11. The number of anilines is 3. The molecule has 2 nitrogen and oxygen atoms in total. The molecule has 0 amide bonds. The molecule has 0 unspecified atom stereocenters. The van der Waals surface area contributed by atoms with Crippen molar-refractivity contribution in [3.63, 3.8) is 0 Å². The molecule has 1 heterocycles. The minimum Gasteiger partial charge on any atom is -0.310 e. The largest absolute Gasteiger partial charge is 0.310 e. The molecule has 0 saturated heterocycles. The lowest BCUT2D eigenvalue weighted by atomic mass is 9.94. The molecule has 0 aliphatic rings. The highest BCUT2D eigenvalue weighted by Crippen LogP contribution is 2.44. The van der Waals surface area contributed by atoms with Gasteiger partial charge in [0.05, 0.1) is 16.7 Å². The molecule has 2 heteroatoms. The van der Waals surface area contributed by atoms with E-state index in [9.17, 15) is 0 Å². The van der Waals surface area contributed by atoms with Crippen LogP contribution >= 0.6 is 0 Å². The second-order valence-corrected chi connectivity index (χ2v) is 16.9. The van der Waals surface area contributed by atoms with Gasteiger partial charge in [-0.25, -0.2) is 0 Å². The second kappa shape index (κ2) is 16.8. The zero-order chi connectivity index (χ0) is 43.8. The van der Waals surface area contributed by atoms with Crippen molar-refractivity contribution in [1.29, 1.82) is 0 Å². The van der Waals surface area contributed by atoms with Crippen molar-refractivity contribution in [3.8, 4) is 61.3 Å². The summed E-state index contributed by atoms with van der Waals surface area (Å²) in [4.78, 5) is 2.41. The van der Waals surface area contributed by atoms with Gasteiger partial charge >= 0.3 is 0 Å². The molecular formula is C64H44N2. The number of rotatable bonds is 9. The first-order valence-electron chi connectivity index (χ1n) is 22.7. The first kappa shape index (κ1) is 38.9. The number of nitrogens with zero attached hydrogens (tertiary/aromatic N) is 2. The summed E-state index contributed by atoms with van der Waals surface area (Å²) in [6.45, 7) is 0. The Morgan fingerprint density at radius 3 is 1.45 bits per heavy atom. The maximum atomic E-state index is 2.41. The summed E-state index contributed by atoms with van der Waals surface area (Å²) >= 11 is 0. The Morgan fingerprint density at radius 2 is 0.727 bits per heavy atom. The van der Waals surface area contributed by atoms with Gasteiger partial charge in [0.15, 0.2) is 0 Å². The van der Waals surface area contributed by atoms with Crippen molar-refractivity contribution >= 4 is 49.6 Å². The Balaban J connectivity index is 0.971. The fourth-order valence-corrected chi connectivity index (χ4v) is 9.87. The molecule has 0 radical (unpaired) electrons. The standard InChI is InChI=1S/C64H44N2/c1-3-16-45(17-4-1)46-32-34-47(35-33-46)48-36-40-54(41-37-48)65(55-42-38-50(39-43-55)57-27-14-19-49-18-7-8-24-56(49)57)61-29-11-9-25-58(61)51-20-13-21-52(44-51)59-28-15-31-63-64(59)60-26-10-12-30-62(60)66(63)53-22-5-2-6-23-53/h1-44H. The maximum Gasteiger partial charge on any atom is 0.0547 e. The molecular weight excluding hydrogens is 797 g/mol. The number of hydrogen-bond acceptors (Lipinski definition) is 1. The summed E-state index contributed by atoms with van der Waals surface area (Å²) in [6, 6.07) is 96.8. The smallest absolute Gasteiger partial charge is 0.0547 e. The molecule has 12 rings (SSSR count). The Morgan fingerprint density at radius 1 is 0.273 bits per heavy atom. The van der Waals surface area contributed by atoms with Crippen LogP contribution in [0.4, 0.5) is 17.1 Å². The van der Waals surface area contributed by atoms with Crippen LogP contribution in [-0.4, -0.2) is 4.57 Å². The van der Waals surface area contributed by atoms with Gasteiger partial charge in [-0.2, -0.15) is 0 Å². The van der Waals surface area contributed by atoms with Crippen LogP contribution in [0.15, 0.2) is 267 Å². The van der Waals surface area contributed by atoms with Gasteiger partial charge in [-0.3, -0.25) is 0 Å². The van der Waals surface area contributed by atoms with Gasteiger partial charge < -0.3 is 9.47 Å². The van der Waals surface area contributed by atoms with Crippen molar-refractivity contribution in [2.24, 2.45) is 0 Å². The fraction of sp³-hybridized carbons (Fsp3) is 0. The molecule has 0 bridgehead atoms. The van der Waals surface area contributed by atoms with Gasteiger partial charge in [0.2, 0.25) is 0 Å². The van der Waals surface area contributed by atoms with E-state index < -0.39 is 0 Å². The van der Waals surface area contributed by atoms with Crippen LogP contribution in [0.2, 0.25) is 0 Å². The highest BCUT2D eigenvalue weighted by molar-refractivity contribution is 6.16. The van der Waals surface area contributed by atoms with Crippen molar-refractivity contribution in [3.05, 3.63) is 267 Å². The molecule has 66 heavy (non-hydrogen) atoms. The number of aromatic nitrogens is 1. The Kier molecular flexibility index (Phi) is 9.89. The van der Waals surface area contributed by atoms with Crippen LogP contribution in [0.3, 0.4) is 0 Å². The van der Waals surface area contributed by atoms with E-state index in [-0.39, 0.29) is 0 Å². The molecule has 0 fully saturated rings. The first-order chi connectivity index (χ1) is 32.7. The highest BCUT2D eigenvalue weighted by Gasteiger charge is 2.20. The lowest BCUT2D eigenvalue weighted by Gasteiger charge is -2.28. The van der Waals surface area contributed by atoms with Crippen molar-refractivity contribution in [2.45, 2.75) is 0 Å². The quantitative estimate of drug-likeness (QED) is 0.141. The third-order valence-electron chi connectivity index (χ3n) is 13.0. The zero-order valence-corrected chi connectivity index (χ0v) is 36.3. The lowest BCUT2D eigenvalue weighted by Crippen LogP contribution is -2.11. The molecule has 0 saturated carbocycles. The van der Waals surface area contributed by atoms with Crippen LogP contribution in [0.5, 0.6) is 0 Å². The average Bonchev–Trinajstić information content (AvgIpc) is 3.74. The molecule has 12 aromatic rings. The topological polar surface area (TPSA) is 8.17 Å². The SMILES string of the molecule is c1ccc(-c2ccc(-c3ccc(N(c4ccc(-c5cccc6ccccc56)cc4)c4ccccc4-c4cccc(-c5cccc6c5c5ccccc5n6-c5ccccc5)c4)cc3)cc2)cc1. The predicted molar refractivity (Wildman–Crippen MR) is 280 cm³/mol. The van der Waals surface area contributed by atoms with E-state index in [4.69, 9.17) is 0 Å². The van der Waals surface area contributed by atoms with E-state index in [1.807, 2.05) is 0 Å². The summed E-state index contributed by atoms with van der Waals surface area (Å²) < 4.78 is 2.39. The minimum absolute atomic E-state index is 1.08. The fourth-order valence-electron chi connectivity index (χ4n) is 9.87. The van der Waals surface area contributed by atoms with Crippen LogP contribution in [-0.2, 0) is 0 Å². The van der Waals surface area contributed by atoms with Gasteiger partial charge in [0.1, 0.15) is 0 Å². The Hall–Kier alpha value is -8.72. The zero-order valence-electron chi connectivity index (χ0n) is 36.3. The van der Waals surface area contributed by atoms with Crippen molar-refractivity contribution < 1.29 is 0 Å². The molecule has 11 aromatic carbocycles. The molecule has 310 valence electrons. The predicted octanol–water partition coefficient (Wildman–Crippen LogP) is 17.7. The normalized spacial score (nSPS) is 11.3. The second-order valence-electron chi connectivity index (χ2n) is 16.9. The summed E-state index contributed by atoms with van der Waals surface area (Å²) in [7, 11) is 0. The molecule has 0 N–H and O–H groups in total. The average molecular weight is 841 g/mol. The summed E-state index contributed by atoms with van der Waals surface area (Å²) in [5.41, 5.74) is 18.7. The van der Waals surface area contributed by atoms with E-state index in [2.05, 4.69) is 276 Å². The monoisotopic (exact) mass is 840 g/mol. The summed E-state index contributed by atoms with van der Waals surface area (Å²) in [6.07, 6.45) is 0. The van der Waals surface area contributed by atoms with Gasteiger partial charge in [0.25, 0.3) is 0 Å². The number of fused-ring (bicyclic) bond motifs is 4. The van der Waals surface area contributed by atoms with Gasteiger partial charge in [-0.1, -0.05) is 206 Å². The highest BCUT2D eigenvalue weighted by atomic mass is 15.1. The van der Waals surface area contributed by atoms with Gasteiger partial charge in [0, 0.05) is 33.4 Å².